The number of aryl methyl sites for hydroxylation is 2. The fourth-order valence-electron chi connectivity index (χ4n) is 2.25. The number of nitrogens with one attached hydrogen (secondary N) is 2. The van der Waals surface area contributed by atoms with Crippen LogP contribution < -0.4 is 10.9 Å². The van der Waals surface area contributed by atoms with Crippen molar-refractivity contribution in [2.75, 3.05) is 6.54 Å². The van der Waals surface area contributed by atoms with E-state index in [4.69, 9.17) is 4.42 Å². The molecule has 0 aliphatic rings. The van der Waals surface area contributed by atoms with Crippen molar-refractivity contribution >= 4 is 11.6 Å². The van der Waals surface area contributed by atoms with Crippen molar-refractivity contribution in [1.82, 2.24) is 19.9 Å². The van der Waals surface area contributed by atoms with Gasteiger partial charge in [-0.1, -0.05) is 0 Å². The molecule has 0 radical (unpaired) electrons. The molecule has 0 unspecified atom stereocenters. The molecule has 0 bridgehead atoms. The summed E-state index contributed by atoms with van der Waals surface area (Å²) in [6, 6.07) is 5.46. The molecule has 3 rings (SSSR count). The molecule has 1 amide bonds. The number of amides is 1. The molecule has 0 fully saturated rings. The summed E-state index contributed by atoms with van der Waals surface area (Å²) in [6.45, 7) is 2.29. The third-order valence-corrected chi connectivity index (χ3v) is 3.31. The zero-order chi connectivity index (χ0) is 15.5. The zero-order valence-corrected chi connectivity index (χ0v) is 12.1. The third-order valence-electron chi connectivity index (χ3n) is 3.31. The van der Waals surface area contributed by atoms with Crippen LogP contribution in [0.15, 0.2) is 39.9 Å². The van der Waals surface area contributed by atoms with E-state index in [-0.39, 0.29) is 5.56 Å². The summed E-state index contributed by atoms with van der Waals surface area (Å²) in [5.74, 6) is 0.469. The van der Waals surface area contributed by atoms with Gasteiger partial charge in [-0.2, -0.15) is 5.10 Å². The molecule has 0 aromatic carbocycles. The summed E-state index contributed by atoms with van der Waals surface area (Å²) in [5, 5.41) is 6.91. The highest BCUT2D eigenvalue weighted by Crippen LogP contribution is 2.03. The number of furan rings is 1. The smallest absolute Gasteiger partial charge is 0.263 e. The lowest BCUT2D eigenvalue weighted by molar-refractivity contribution is 0.0951. The molecule has 2 N–H and O–H groups in total. The Hall–Kier alpha value is -2.83. The minimum absolute atomic E-state index is 0.0496. The van der Waals surface area contributed by atoms with Gasteiger partial charge in [0.05, 0.1) is 12.0 Å². The number of rotatable bonds is 5. The van der Waals surface area contributed by atoms with E-state index < -0.39 is 11.5 Å². The number of H-pyrrole nitrogens is 1. The second-order valence-electron chi connectivity index (χ2n) is 5.05. The highest BCUT2D eigenvalue weighted by molar-refractivity contribution is 5.93. The van der Waals surface area contributed by atoms with Crippen LogP contribution in [0.1, 0.15) is 28.2 Å². The van der Waals surface area contributed by atoms with Gasteiger partial charge in [0.1, 0.15) is 17.0 Å². The van der Waals surface area contributed by atoms with Crippen LogP contribution >= 0.6 is 0 Å². The topological polar surface area (TPSA) is 92.4 Å². The quantitative estimate of drug-likeness (QED) is 0.694. The Morgan fingerprint density at radius 3 is 3.14 bits per heavy atom. The molecule has 3 aromatic heterocycles. The van der Waals surface area contributed by atoms with Gasteiger partial charge in [0.25, 0.3) is 11.5 Å². The fourth-order valence-corrected chi connectivity index (χ4v) is 2.25. The van der Waals surface area contributed by atoms with Crippen LogP contribution in [0.25, 0.3) is 5.65 Å². The normalized spacial score (nSPS) is 11.0. The van der Waals surface area contributed by atoms with Crippen LogP contribution in [0.4, 0.5) is 0 Å². The van der Waals surface area contributed by atoms with Gasteiger partial charge in [-0.05, 0) is 25.5 Å². The molecule has 7 heteroatoms. The number of hydrogen-bond acceptors (Lipinski definition) is 4. The van der Waals surface area contributed by atoms with E-state index in [9.17, 15) is 9.59 Å². The predicted molar refractivity (Wildman–Crippen MR) is 79.9 cm³/mol. The largest absolute Gasteiger partial charge is 0.469 e. The van der Waals surface area contributed by atoms with E-state index in [1.54, 1.807) is 12.3 Å². The van der Waals surface area contributed by atoms with Crippen molar-refractivity contribution in [1.29, 1.82) is 0 Å². The molecule has 7 nitrogen and oxygen atoms in total. The Morgan fingerprint density at radius 1 is 1.50 bits per heavy atom. The first kappa shape index (κ1) is 14.1. The fraction of sp³-hybridized carbons (Fsp3) is 0.267. The maximum Gasteiger partial charge on any atom is 0.263 e. The van der Waals surface area contributed by atoms with Crippen molar-refractivity contribution in [3.63, 3.8) is 0 Å². The van der Waals surface area contributed by atoms with Gasteiger partial charge in [-0.15, -0.1) is 0 Å². The summed E-state index contributed by atoms with van der Waals surface area (Å²) in [6.07, 6.45) is 4.54. The first-order valence-corrected chi connectivity index (χ1v) is 7.03. The van der Waals surface area contributed by atoms with Gasteiger partial charge in [-0.25, -0.2) is 4.52 Å². The minimum atomic E-state index is -0.420. The van der Waals surface area contributed by atoms with Crippen LogP contribution in [-0.2, 0) is 6.42 Å². The summed E-state index contributed by atoms with van der Waals surface area (Å²) in [4.78, 5) is 26.7. The lowest BCUT2D eigenvalue weighted by Gasteiger charge is -2.04. The van der Waals surface area contributed by atoms with Gasteiger partial charge in [0.15, 0.2) is 0 Å². The van der Waals surface area contributed by atoms with Gasteiger partial charge in [0.2, 0.25) is 0 Å². The van der Waals surface area contributed by atoms with Gasteiger partial charge in [0, 0.05) is 25.2 Å². The van der Waals surface area contributed by atoms with Crippen molar-refractivity contribution in [3.8, 4) is 0 Å². The van der Waals surface area contributed by atoms with Crippen LogP contribution in [-0.4, -0.2) is 27.0 Å². The SMILES string of the molecule is Cc1cc2[nH]c(=O)c(C(=O)NCCCc3ccco3)cn2n1. The Labute approximate surface area is 126 Å². The Balaban J connectivity index is 1.64. The predicted octanol–water partition coefficient (Wildman–Crippen LogP) is 1.29. The van der Waals surface area contributed by atoms with E-state index in [1.807, 2.05) is 19.1 Å². The standard InChI is InChI=1S/C15H16N4O3/c1-10-8-13-17-15(21)12(9-19(13)18-10)14(20)16-6-2-4-11-5-3-7-22-11/h3,5,7-9H,2,4,6H2,1H3,(H,16,20)(H,17,21). The lowest BCUT2D eigenvalue weighted by Crippen LogP contribution is -2.31. The molecule has 114 valence electrons. The van der Waals surface area contributed by atoms with E-state index in [0.29, 0.717) is 12.2 Å². The molecule has 3 heterocycles. The molecule has 0 aliphatic carbocycles. The highest BCUT2D eigenvalue weighted by atomic mass is 16.3. The molecule has 22 heavy (non-hydrogen) atoms. The minimum Gasteiger partial charge on any atom is -0.469 e. The summed E-state index contributed by atoms with van der Waals surface area (Å²) < 4.78 is 6.71. The van der Waals surface area contributed by atoms with Gasteiger partial charge in [-0.3, -0.25) is 9.59 Å². The highest BCUT2D eigenvalue weighted by Gasteiger charge is 2.12. The zero-order valence-electron chi connectivity index (χ0n) is 12.1. The van der Waals surface area contributed by atoms with Crippen LogP contribution in [0.3, 0.4) is 0 Å². The number of carbonyl (C=O) groups is 1. The molecular weight excluding hydrogens is 284 g/mol. The number of carbonyl (C=O) groups excluding carboxylic acids is 1. The average Bonchev–Trinajstić information content (AvgIpc) is 3.10. The van der Waals surface area contributed by atoms with Crippen LogP contribution in [0, 0.1) is 6.92 Å². The number of nitrogens with zero attached hydrogens (tertiary/aromatic N) is 2. The molecule has 0 atom stereocenters. The molecule has 3 aromatic rings. The van der Waals surface area contributed by atoms with Crippen molar-refractivity contribution in [2.24, 2.45) is 0 Å². The number of fused-ring (bicyclic) bond motifs is 1. The second-order valence-corrected chi connectivity index (χ2v) is 5.05. The first-order chi connectivity index (χ1) is 10.6. The summed E-state index contributed by atoms with van der Waals surface area (Å²) >= 11 is 0. The Kier molecular flexibility index (Phi) is 3.78. The van der Waals surface area contributed by atoms with Crippen LogP contribution in [0.5, 0.6) is 0 Å². The lowest BCUT2D eigenvalue weighted by atomic mass is 10.2. The molecular formula is C15H16N4O3. The molecule has 0 saturated heterocycles. The number of aromatic amines is 1. The van der Waals surface area contributed by atoms with Gasteiger partial charge >= 0.3 is 0 Å². The van der Waals surface area contributed by atoms with Gasteiger partial charge < -0.3 is 14.7 Å². The summed E-state index contributed by atoms with van der Waals surface area (Å²) in [7, 11) is 0. The Morgan fingerprint density at radius 2 is 2.36 bits per heavy atom. The third kappa shape index (κ3) is 2.93. The van der Waals surface area contributed by atoms with Crippen LogP contribution in [0.2, 0.25) is 0 Å². The number of hydrogen-bond donors (Lipinski definition) is 2. The molecule has 0 aliphatic heterocycles. The maximum absolute atomic E-state index is 12.1. The van der Waals surface area contributed by atoms with E-state index >= 15 is 0 Å². The molecule has 0 saturated carbocycles. The van der Waals surface area contributed by atoms with E-state index in [0.717, 1.165) is 24.3 Å². The first-order valence-electron chi connectivity index (χ1n) is 7.03. The second kappa shape index (κ2) is 5.88. The van der Waals surface area contributed by atoms with E-state index in [2.05, 4.69) is 15.4 Å². The van der Waals surface area contributed by atoms with Crippen molar-refractivity contribution in [3.05, 3.63) is 58.0 Å². The van der Waals surface area contributed by atoms with Crippen molar-refractivity contribution in [2.45, 2.75) is 19.8 Å². The monoisotopic (exact) mass is 300 g/mol. The Bertz CT molecular complexity index is 845. The van der Waals surface area contributed by atoms with E-state index in [1.165, 1.54) is 10.7 Å². The molecule has 0 spiro atoms. The van der Waals surface area contributed by atoms with Crippen molar-refractivity contribution < 1.29 is 9.21 Å². The maximum atomic E-state index is 12.1. The average molecular weight is 300 g/mol. The summed E-state index contributed by atoms with van der Waals surface area (Å²) in [5.41, 5.74) is 0.966. The number of aromatic nitrogens is 3.